The summed E-state index contributed by atoms with van der Waals surface area (Å²) in [5.74, 6) is 0.393. The Bertz CT molecular complexity index is 1080. The topological polar surface area (TPSA) is 99.3 Å². The molecule has 0 aliphatic rings. The van der Waals surface area contributed by atoms with Gasteiger partial charge in [-0.15, -0.1) is 0 Å². The van der Waals surface area contributed by atoms with Crippen molar-refractivity contribution in [2.24, 2.45) is 0 Å². The lowest BCUT2D eigenvalue weighted by atomic mass is 10.1. The maximum absolute atomic E-state index is 12.4. The summed E-state index contributed by atoms with van der Waals surface area (Å²) in [5, 5.41) is 18.2. The number of benzene rings is 2. The molecule has 2 aromatic carbocycles. The van der Waals surface area contributed by atoms with Crippen LogP contribution in [0.25, 0.3) is 0 Å². The van der Waals surface area contributed by atoms with Crippen LogP contribution in [0.2, 0.25) is 0 Å². The van der Waals surface area contributed by atoms with Gasteiger partial charge in [-0.05, 0) is 66.0 Å². The molecule has 3 aromatic rings. The predicted octanol–water partition coefficient (Wildman–Crippen LogP) is 4.57. The van der Waals surface area contributed by atoms with Crippen molar-refractivity contribution in [3.63, 3.8) is 0 Å². The molecule has 0 aliphatic carbocycles. The molecule has 1 aromatic heterocycles. The van der Waals surface area contributed by atoms with Crippen molar-refractivity contribution >= 4 is 27.5 Å². The van der Waals surface area contributed by atoms with Gasteiger partial charge < -0.3 is 10.1 Å². The van der Waals surface area contributed by atoms with Crippen LogP contribution in [0, 0.1) is 24.0 Å². The smallest absolute Gasteiger partial charge is 0.272 e. The molecule has 0 saturated heterocycles. The second kappa shape index (κ2) is 10.2. The maximum atomic E-state index is 12.4. The lowest BCUT2D eigenvalue weighted by molar-refractivity contribution is -0.385. The molecule has 1 heterocycles. The molecule has 0 fully saturated rings. The van der Waals surface area contributed by atoms with E-state index < -0.39 is 4.92 Å². The minimum atomic E-state index is -0.420. The second-order valence-electron chi connectivity index (χ2n) is 7.13. The van der Waals surface area contributed by atoms with Gasteiger partial charge in [-0.3, -0.25) is 19.6 Å². The van der Waals surface area contributed by atoms with Crippen LogP contribution in [0.3, 0.4) is 0 Å². The number of nitro benzene ring substituents is 1. The van der Waals surface area contributed by atoms with Crippen LogP contribution >= 0.6 is 15.9 Å². The second-order valence-corrected chi connectivity index (χ2v) is 7.98. The molecule has 9 heteroatoms. The fourth-order valence-electron chi connectivity index (χ4n) is 3.04. The normalized spacial score (nSPS) is 10.7. The number of nitrogens with zero attached hydrogens (tertiary/aromatic N) is 3. The highest BCUT2D eigenvalue weighted by atomic mass is 79.9. The summed E-state index contributed by atoms with van der Waals surface area (Å²) in [6.07, 6.45) is 2.69. The van der Waals surface area contributed by atoms with E-state index in [-0.39, 0.29) is 18.2 Å². The first-order valence-corrected chi connectivity index (χ1v) is 10.6. The third-order valence-corrected chi connectivity index (χ3v) is 5.47. The quantitative estimate of drug-likeness (QED) is 0.271. The van der Waals surface area contributed by atoms with Gasteiger partial charge in [-0.2, -0.15) is 5.10 Å². The summed E-state index contributed by atoms with van der Waals surface area (Å²) >= 11 is 3.44. The number of carbonyl (C=O) groups is 1. The Balaban J connectivity index is 1.50. The van der Waals surface area contributed by atoms with Gasteiger partial charge in [0.2, 0.25) is 0 Å². The van der Waals surface area contributed by atoms with E-state index >= 15 is 0 Å². The first kappa shape index (κ1) is 22.5. The van der Waals surface area contributed by atoms with Crippen LogP contribution in [0.4, 0.5) is 5.69 Å². The minimum absolute atomic E-state index is 0.0568. The van der Waals surface area contributed by atoms with E-state index in [1.54, 1.807) is 37.3 Å². The molecule has 162 valence electrons. The lowest BCUT2D eigenvalue weighted by Crippen LogP contribution is -2.25. The van der Waals surface area contributed by atoms with Crippen molar-refractivity contribution < 1.29 is 14.5 Å². The summed E-state index contributed by atoms with van der Waals surface area (Å²) in [6.45, 7) is 5.11. The predicted molar refractivity (Wildman–Crippen MR) is 120 cm³/mol. The molecule has 0 saturated carbocycles. The SMILES string of the molecule is Cc1cc(OCc2cccc(C(=O)NCCCn3cc(Br)c(C)n3)c2)ccc1[N+](=O)[O-]. The molecule has 3 rings (SSSR count). The fraction of sp³-hybridized carbons (Fsp3) is 0.273. The van der Waals surface area contributed by atoms with Crippen LogP contribution in [-0.4, -0.2) is 27.2 Å². The number of aromatic nitrogens is 2. The van der Waals surface area contributed by atoms with E-state index in [4.69, 9.17) is 4.74 Å². The zero-order valence-corrected chi connectivity index (χ0v) is 18.9. The molecule has 0 aliphatic heterocycles. The van der Waals surface area contributed by atoms with Crippen LogP contribution < -0.4 is 10.1 Å². The Morgan fingerprint density at radius 2 is 2.06 bits per heavy atom. The molecule has 1 amide bonds. The summed E-state index contributed by atoms with van der Waals surface area (Å²) in [5.41, 5.74) is 2.92. The van der Waals surface area contributed by atoms with Crippen molar-refractivity contribution in [3.8, 4) is 5.75 Å². The van der Waals surface area contributed by atoms with E-state index in [9.17, 15) is 14.9 Å². The largest absolute Gasteiger partial charge is 0.489 e. The third-order valence-electron chi connectivity index (χ3n) is 4.70. The summed E-state index contributed by atoms with van der Waals surface area (Å²) in [4.78, 5) is 22.9. The van der Waals surface area contributed by atoms with Gasteiger partial charge in [0.1, 0.15) is 12.4 Å². The number of amides is 1. The van der Waals surface area contributed by atoms with Crippen LogP contribution in [0.5, 0.6) is 5.75 Å². The number of hydrogen-bond acceptors (Lipinski definition) is 5. The van der Waals surface area contributed by atoms with Gasteiger partial charge in [0, 0.05) is 36.5 Å². The first-order valence-electron chi connectivity index (χ1n) is 9.78. The van der Waals surface area contributed by atoms with Crippen LogP contribution in [0.15, 0.2) is 53.1 Å². The average molecular weight is 487 g/mol. The highest BCUT2D eigenvalue weighted by molar-refractivity contribution is 9.10. The number of rotatable bonds is 9. The monoisotopic (exact) mass is 486 g/mol. The molecular weight excluding hydrogens is 464 g/mol. The molecule has 8 nitrogen and oxygen atoms in total. The fourth-order valence-corrected chi connectivity index (χ4v) is 3.36. The van der Waals surface area contributed by atoms with Gasteiger partial charge in [-0.1, -0.05) is 12.1 Å². The Morgan fingerprint density at radius 3 is 2.74 bits per heavy atom. The van der Waals surface area contributed by atoms with E-state index in [1.807, 2.05) is 23.9 Å². The average Bonchev–Trinajstić information content (AvgIpc) is 3.06. The van der Waals surface area contributed by atoms with Gasteiger partial charge in [0.05, 0.1) is 15.1 Å². The van der Waals surface area contributed by atoms with E-state index in [1.165, 1.54) is 6.07 Å². The van der Waals surface area contributed by atoms with Crippen molar-refractivity contribution in [2.45, 2.75) is 33.4 Å². The number of nitro groups is 1. The van der Waals surface area contributed by atoms with E-state index in [2.05, 4.69) is 26.3 Å². The van der Waals surface area contributed by atoms with Crippen LogP contribution in [0.1, 0.15) is 33.6 Å². The van der Waals surface area contributed by atoms with Crippen molar-refractivity contribution in [3.05, 3.63) is 85.6 Å². The summed E-state index contributed by atoms with van der Waals surface area (Å²) in [6, 6.07) is 11.8. The minimum Gasteiger partial charge on any atom is -0.489 e. The number of ether oxygens (including phenoxy) is 1. The van der Waals surface area contributed by atoms with Crippen molar-refractivity contribution in [1.29, 1.82) is 0 Å². The van der Waals surface area contributed by atoms with E-state index in [0.717, 1.165) is 28.7 Å². The molecule has 1 N–H and O–H groups in total. The van der Waals surface area contributed by atoms with Crippen LogP contribution in [-0.2, 0) is 13.2 Å². The van der Waals surface area contributed by atoms with Gasteiger partial charge in [-0.25, -0.2) is 0 Å². The van der Waals surface area contributed by atoms with Crippen molar-refractivity contribution in [2.75, 3.05) is 6.54 Å². The highest BCUT2D eigenvalue weighted by Crippen LogP contribution is 2.23. The Kier molecular flexibility index (Phi) is 7.41. The maximum Gasteiger partial charge on any atom is 0.272 e. The zero-order chi connectivity index (χ0) is 22.4. The van der Waals surface area contributed by atoms with E-state index in [0.29, 0.717) is 23.4 Å². The summed E-state index contributed by atoms with van der Waals surface area (Å²) in [7, 11) is 0. The highest BCUT2D eigenvalue weighted by Gasteiger charge is 2.11. The Labute approximate surface area is 188 Å². The molecule has 0 spiro atoms. The molecule has 0 atom stereocenters. The number of halogens is 1. The number of nitrogens with one attached hydrogen (secondary N) is 1. The Hall–Kier alpha value is -3.20. The van der Waals surface area contributed by atoms with Gasteiger partial charge in [0.15, 0.2) is 0 Å². The molecule has 0 unspecified atom stereocenters. The molecule has 0 radical (unpaired) electrons. The molecule has 31 heavy (non-hydrogen) atoms. The standard InChI is InChI=1S/C22H23BrN4O4/c1-15-11-19(7-8-21(15)27(29)30)31-14-17-5-3-6-18(12-17)22(28)24-9-4-10-26-13-20(23)16(2)25-26/h3,5-8,11-13H,4,9-10,14H2,1-2H3,(H,24,28). The molecule has 0 bridgehead atoms. The number of aryl methyl sites for hydroxylation is 3. The Morgan fingerprint density at radius 1 is 1.26 bits per heavy atom. The number of carbonyl (C=O) groups excluding carboxylic acids is 1. The first-order chi connectivity index (χ1) is 14.8. The third kappa shape index (κ3) is 6.14. The van der Waals surface area contributed by atoms with Gasteiger partial charge >= 0.3 is 0 Å². The van der Waals surface area contributed by atoms with Crippen molar-refractivity contribution in [1.82, 2.24) is 15.1 Å². The zero-order valence-electron chi connectivity index (χ0n) is 17.3. The lowest BCUT2D eigenvalue weighted by Gasteiger charge is -2.09. The molecular formula is C22H23BrN4O4. The van der Waals surface area contributed by atoms with Gasteiger partial charge in [0.25, 0.3) is 11.6 Å². The summed E-state index contributed by atoms with van der Waals surface area (Å²) < 4.78 is 8.56. The number of hydrogen-bond donors (Lipinski definition) is 1.